The number of benzene rings is 1. The number of hydrogen-bond donors (Lipinski definition) is 0. The third-order valence-corrected chi connectivity index (χ3v) is 5.00. The number of para-hydroxylation sites is 1. The molecule has 3 rings (SSSR count). The number of nitrogens with zero attached hydrogens (tertiary/aromatic N) is 1. The average molecular weight is 387 g/mol. The Hall–Kier alpha value is -2.83. The van der Waals surface area contributed by atoms with Crippen molar-refractivity contribution < 1.29 is 28.6 Å². The zero-order chi connectivity index (χ0) is 20.6. The van der Waals surface area contributed by atoms with Crippen molar-refractivity contribution in [3.63, 3.8) is 0 Å². The van der Waals surface area contributed by atoms with Crippen molar-refractivity contribution in [2.45, 2.75) is 39.2 Å². The Labute approximate surface area is 163 Å². The fourth-order valence-electron chi connectivity index (χ4n) is 3.83. The van der Waals surface area contributed by atoms with Crippen LogP contribution in [0.2, 0.25) is 0 Å². The number of carbonyl (C=O) groups is 3. The first-order valence-corrected chi connectivity index (χ1v) is 9.18. The average Bonchev–Trinajstić information content (AvgIpc) is 2.98. The van der Waals surface area contributed by atoms with Gasteiger partial charge in [-0.15, -0.1) is 0 Å². The SMILES string of the molecule is COC(=O)[C@H]1Cc2c(c3ccccc3n2C(=O)OC(C)(C)C)C[C@H]1C(=O)OC. The molecule has 0 bridgehead atoms. The summed E-state index contributed by atoms with van der Waals surface area (Å²) in [5, 5.41) is 0.862. The lowest BCUT2D eigenvalue weighted by molar-refractivity contribution is -0.158. The molecule has 2 aromatic rings. The fraction of sp³-hybridized carbons (Fsp3) is 0.476. The van der Waals surface area contributed by atoms with Gasteiger partial charge in [0.25, 0.3) is 0 Å². The fourth-order valence-corrected chi connectivity index (χ4v) is 3.83. The summed E-state index contributed by atoms with van der Waals surface area (Å²) in [6.07, 6.45) is -0.0292. The number of fused-ring (bicyclic) bond motifs is 3. The molecule has 1 aromatic heterocycles. The monoisotopic (exact) mass is 387 g/mol. The van der Waals surface area contributed by atoms with E-state index in [4.69, 9.17) is 14.2 Å². The third kappa shape index (κ3) is 3.48. The van der Waals surface area contributed by atoms with Crippen molar-refractivity contribution in [3.8, 4) is 0 Å². The zero-order valence-corrected chi connectivity index (χ0v) is 16.8. The number of ether oxygens (including phenoxy) is 3. The predicted molar refractivity (Wildman–Crippen MR) is 102 cm³/mol. The Kier molecular flexibility index (Phi) is 5.19. The summed E-state index contributed by atoms with van der Waals surface area (Å²) in [7, 11) is 2.59. The van der Waals surface area contributed by atoms with Crippen LogP contribution < -0.4 is 0 Å². The second kappa shape index (κ2) is 7.30. The third-order valence-electron chi connectivity index (χ3n) is 5.00. The maximum Gasteiger partial charge on any atom is 0.419 e. The van der Waals surface area contributed by atoms with Gasteiger partial charge in [0, 0.05) is 17.5 Å². The summed E-state index contributed by atoms with van der Waals surface area (Å²) in [6, 6.07) is 7.45. The van der Waals surface area contributed by atoms with Crippen molar-refractivity contribution in [1.82, 2.24) is 4.57 Å². The molecule has 0 aliphatic heterocycles. The van der Waals surface area contributed by atoms with E-state index in [0.717, 1.165) is 10.9 Å². The van der Waals surface area contributed by atoms with E-state index >= 15 is 0 Å². The highest BCUT2D eigenvalue weighted by molar-refractivity contribution is 5.95. The van der Waals surface area contributed by atoms with Crippen molar-refractivity contribution in [1.29, 1.82) is 0 Å². The lowest BCUT2D eigenvalue weighted by Gasteiger charge is -2.29. The van der Waals surface area contributed by atoms with Gasteiger partial charge < -0.3 is 14.2 Å². The minimum Gasteiger partial charge on any atom is -0.469 e. The van der Waals surface area contributed by atoms with Gasteiger partial charge in [0.05, 0.1) is 31.6 Å². The van der Waals surface area contributed by atoms with Crippen LogP contribution in [-0.4, -0.2) is 42.4 Å². The molecule has 0 spiro atoms. The maximum absolute atomic E-state index is 13.0. The highest BCUT2D eigenvalue weighted by Crippen LogP contribution is 2.38. The predicted octanol–water partition coefficient (Wildman–Crippen LogP) is 3.10. The molecule has 2 atom stereocenters. The van der Waals surface area contributed by atoms with E-state index in [-0.39, 0.29) is 12.8 Å². The Bertz CT molecular complexity index is 936. The van der Waals surface area contributed by atoms with Crippen molar-refractivity contribution in [2.75, 3.05) is 14.2 Å². The lowest BCUT2D eigenvalue weighted by atomic mass is 9.77. The van der Waals surface area contributed by atoms with Gasteiger partial charge in [0.15, 0.2) is 0 Å². The first kappa shape index (κ1) is 19.9. The highest BCUT2D eigenvalue weighted by atomic mass is 16.6. The number of carbonyl (C=O) groups excluding carboxylic acids is 3. The van der Waals surface area contributed by atoms with Crippen LogP contribution in [0.25, 0.3) is 10.9 Å². The molecule has 7 nitrogen and oxygen atoms in total. The first-order chi connectivity index (χ1) is 13.2. The Balaban J connectivity index is 2.18. The highest BCUT2D eigenvalue weighted by Gasteiger charge is 2.42. The summed E-state index contributed by atoms with van der Waals surface area (Å²) in [5.74, 6) is -2.35. The number of rotatable bonds is 2. The molecule has 0 saturated heterocycles. The van der Waals surface area contributed by atoms with Crippen LogP contribution in [0.4, 0.5) is 4.79 Å². The van der Waals surface area contributed by atoms with Gasteiger partial charge >= 0.3 is 18.0 Å². The molecule has 7 heteroatoms. The summed E-state index contributed by atoms with van der Waals surface area (Å²) < 4.78 is 16.9. The molecule has 1 aliphatic rings. The van der Waals surface area contributed by atoms with Crippen molar-refractivity contribution in [2.24, 2.45) is 11.8 Å². The number of methoxy groups -OCH3 is 2. The molecule has 0 N–H and O–H groups in total. The van der Waals surface area contributed by atoms with Crippen molar-refractivity contribution in [3.05, 3.63) is 35.5 Å². The Morgan fingerprint density at radius 3 is 2.11 bits per heavy atom. The molecule has 0 unspecified atom stereocenters. The molecule has 150 valence electrons. The van der Waals surface area contributed by atoms with E-state index in [1.807, 2.05) is 24.3 Å². The summed E-state index contributed by atoms with van der Waals surface area (Å²) in [6.45, 7) is 5.40. The smallest absolute Gasteiger partial charge is 0.419 e. The van der Waals surface area contributed by atoms with Gasteiger partial charge in [0.2, 0.25) is 0 Å². The molecular weight excluding hydrogens is 362 g/mol. The van der Waals surface area contributed by atoms with Gasteiger partial charge in [-0.25, -0.2) is 9.36 Å². The number of aromatic nitrogens is 1. The number of esters is 2. The zero-order valence-electron chi connectivity index (χ0n) is 16.8. The second-order valence-corrected chi connectivity index (χ2v) is 7.93. The van der Waals surface area contributed by atoms with Gasteiger partial charge in [-0.3, -0.25) is 9.59 Å². The Morgan fingerprint density at radius 2 is 1.54 bits per heavy atom. The number of hydrogen-bond acceptors (Lipinski definition) is 6. The van der Waals surface area contributed by atoms with Crippen LogP contribution in [0.3, 0.4) is 0 Å². The van der Waals surface area contributed by atoms with Gasteiger partial charge in [-0.2, -0.15) is 0 Å². The van der Waals surface area contributed by atoms with Gasteiger partial charge in [-0.1, -0.05) is 18.2 Å². The molecule has 28 heavy (non-hydrogen) atoms. The summed E-state index contributed by atoms with van der Waals surface area (Å²) in [4.78, 5) is 37.7. The largest absolute Gasteiger partial charge is 0.469 e. The van der Waals surface area contributed by atoms with E-state index < -0.39 is 35.5 Å². The van der Waals surface area contributed by atoms with Crippen LogP contribution in [0, 0.1) is 11.8 Å². The lowest BCUT2D eigenvalue weighted by Crippen LogP contribution is -2.39. The van der Waals surface area contributed by atoms with E-state index in [0.29, 0.717) is 11.2 Å². The van der Waals surface area contributed by atoms with E-state index in [1.54, 1.807) is 20.8 Å². The van der Waals surface area contributed by atoms with Crippen LogP contribution in [0.1, 0.15) is 32.0 Å². The normalized spacial score (nSPS) is 19.0. The van der Waals surface area contributed by atoms with Gasteiger partial charge in [0.1, 0.15) is 5.60 Å². The molecule has 0 fully saturated rings. The van der Waals surface area contributed by atoms with Crippen LogP contribution in [0.15, 0.2) is 24.3 Å². The van der Waals surface area contributed by atoms with E-state index in [2.05, 4.69) is 0 Å². The standard InChI is InChI=1S/C21H25NO6/c1-21(2,3)28-20(25)22-16-9-7-6-8-12(16)13-10-14(18(23)26-4)15(11-17(13)22)19(24)27-5/h6-9,14-15H,10-11H2,1-5H3/t14-,15+/m1/s1. The van der Waals surface area contributed by atoms with E-state index in [1.165, 1.54) is 18.8 Å². The molecule has 0 amide bonds. The van der Waals surface area contributed by atoms with E-state index in [9.17, 15) is 14.4 Å². The summed E-state index contributed by atoms with van der Waals surface area (Å²) in [5.41, 5.74) is 1.55. The topological polar surface area (TPSA) is 83.8 Å². The molecule has 1 heterocycles. The molecule has 0 radical (unpaired) electrons. The maximum atomic E-state index is 13.0. The minimum atomic E-state index is -0.726. The van der Waals surface area contributed by atoms with Crippen LogP contribution in [-0.2, 0) is 36.6 Å². The minimum absolute atomic E-state index is 0.190. The quantitative estimate of drug-likeness (QED) is 0.582. The van der Waals surface area contributed by atoms with Gasteiger partial charge in [-0.05, 0) is 38.8 Å². The molecule has 1 aromatic carbocycles. The molecule has 1 aliphatic carbocycles. The molecule has 0 saturated carbocycles. The first-order valence-electron chi connectivity index (χ1n) is 9.18. The Morgan fingerprint density at radius 1 is 0.964 bits per heavy atom. The van der Waals surface area contributed by atoms with Crippen LogP contribution in [0.5, 0.6) is 0 Å². The molecular formula is C21H25NO6. The summed E-state index contributed by atoms with van der Waals surface area (Å²) >= 11 is 0. The van der Waals surface area contributed by atoms with Crippen molar-refractivity contribution >= 4 is 28.9 Å². The van der Waals surface area contributed by atoms with Crippen LogP contribution >= 0.6 is 0 Å². The second-order valence-electron chi connectivity index (χ2n) is 7.93.